The maximum Gasteiger partial charge on any atom is 0.167 e. The van der Waals surface area contributed by atoms with E-state index >= 15 is 0 Å². The Kier molecular flexibility index (Phi) is 2.77. The summed E-state index contributed by atoms with van der Waals surface area (Å²) in [5.41, 5.74) is 0.141. The van der Waals surface area contributed by atoms with Crippen LogP contribution in [0.15, 0.2) is 18.2 Å². The topological polar surface area (TPSA) is 35.9 Å². The summed E-state index contributed by atoms with van der Waals surface area (Å²) >= 11 is 0. The van der Waals surface area contributed by atoms with E-state index in [1.54, 1.807) is 0 Å². The molecule has 0 bridgehead atoms. The van der Waals surface area contributed by atoms with Crippen LogP contribution in [0.5, 0.6) is 0 Å². The zero-order chi connectivity index (χ0) is 10.8. The minimum absolute atomic E-state index is 0.0446. The molecule has 15 heavy (non-hydrogen) atoms. The van der Waals surface area contributed by atoms with Gasteiger partial charge in [0.25, 0.3) is 0 Å². The molecule has 1 aliphatic carbocycles. The lowest BCUT2D eigenvalue weighted by molar-refractivity contribution is 0.506. The minimum Gasteiger partial charge on any atom is -0.308 e. The lowest BCUT2D eigenvalue weighted by atomic mass is 10.1. The molecule has 0 unspecified atom stereocenters. The first-order chi connectivity index (χ1) is 7.18. The minimum atomic E-state index is -0.930. The first-order valence-corrected chi connectivity index (χ1v) is 4.93. The first-order valence-electron chi connectivity index (χ1n) is 4.93. The summed E-state index contributed by atoms with van der Waals surface area (Å²) in [5, 5.41) is 10.7. The number of halogens is 2. The van der Waals surface area contributed by atoms with Gasteiger partial charge in [-0.05, 0) is 25.0 Å². The molecule has 0 radical (unpaired) electrons. The fourth-order valence-electron chi connectivity index (χ4n) is 1.37. The smallest absolute Gasteiger partial charge is 0.167 e. The van der Waals surface area contributed by atoms with E-state index < -0.39 is 11.6 Å². The summed E-state index contributed by atoms with van der Waals surface area (Å²) in [7, 11) is 0. The summed E-state index contributed by atoms with van der Waals surface area (Å²) in [4.78, 5) is 0. The van der Waals surface area contributed by atoms with Crippen LogP contribution in [-0.4, -0.2) is 18.3 Å². The van der Waals surface area contributed by atoms with Crippen LogP contribution in [0.3, 0.4) is 0 Å². The molecular weight excluding hydrogens is 198 g/mol. The van der Waals surface area contributed by atoms with E-state index in [0.29, 0.717) is 12.6 Å². The Hall–Kier alpha value is -1.29. The van der Waals surface area contributed by atoms with Crippen molar-refractivity contribution in [3.63, 3.8) is 0 Å². The molecule has 0 aromatic heterocycles. The Morgan fingerprint density at radius 3 is 2.80 bits per heavy atom. The molecule has 1 aromatic rings. The van der Waals surface area contributed by atoms with Crippen LogP contribution in [0.25, 0.3) is 0 Å². The summed E-state index contributed by atoms with van der Waals surface area (Å²) in [6.07, 6.45) is 2.22. The molecule has 1 saturated carbocycles. The fourth-order valence-corrected chi connectivity index (χ4v) is 1.37. The molecule has 1 aromatic carbocycles. The highest BCUT2D eigenvalue weighted by Gasteiger charge is 2.21. The highest BCUT2D eigenvalue weighted by Crippen LogP contribution is 2.18. The quantitative estimate of drug-likeness (QED) is 0.733. The third-order valence-corrected chi connectivity index (χ3v) is 2.42. The Balaban J connectivity index is 2.06. The van der Waals surface area contributed by atoms with Crippen LogP contribution in [0.4, 0.5) is 8.78 Å². The number of hydrogen-bond acceptors (Lipinski definition) is 2. The van der Waals surface area contributed by atoms with Crippen LogP contribution in [0, 0.1) is 17.0 Å². The van der Waals surface area contributed by atoms with Gasteiger partial charge < -0.3 is 10.7 Å². The Labute approximate surface area is 86.8 Å². The largest absolute Gasteiger partial charge is 0.308 e. The molecule has 2 rings (SSSR count). The van der Waals surface area contributed by atoms with Crippen LogP contribution in [0.1, 0.15) is 18.4 Å². The van der Waals surface area contributed by atoms with Crippen LogP contribution >= 0.6 is 0 Å². The van der Waals surface area contributed by atoms with Gasteiger partial charge in [-0.3, -0.25) is 0 Å². The average Bonchev–Trinajstić information content (AvgIpc) is 3.02. The summed E-state index contributed by atoms with van der Waals surface area (Å²) in [5.74, 6) is -1.83. The lowest BCUT2D eigenvalue weighted by Gasteiger charge is -2.06. The van der Waals surface area contributed by atoms with Crippen molar-refractivity contribution in [1.82, 2.24) is 5.32 Å². The number of rotatable bonds is 4. The second-order valence-corrected chi connectivity index (χ2v) is 3.74. The van der Waals surface area contributed by atoms with E-state index in [1.165, 1.54) is 12.1 Å². The molecule has 0 saturated heterocycles. The number of benzene rings is 1. The number of nitrogens with one attached hydrogen (secondary N) is 2. The van der Waals surface area contributed by atoms with Crippen molar-refractivity contribution in [2.24, 2.45) is 0 Å². The van der Waals surface area contributed by atoms with E-state index in [1.807, 2.05) is 0 Å². The van der Waals surface area contributed by atoms with Crippen LogP contribution in [0.2, 0.25) is 0 Å². The second kappa shape index (κ2) is 4.06. The average molecular weight is 210 g/mol. The van der Waals surface area contributed by atoms with Crippen molar-refractivity contribution in [3.8, 4) is 0 Å². The molecule has 1 aliphatic rings. The highest BCUT2D eigenvalue weighted by molar-refractivity contribution is 5.99. The van der Waals surface area contributed by atoms with Crippen LogP contribution in [-0.2, 0) is 0 Å². The van der Waals surface area contributed by atoms with Gasteiger partial charge in [0.15, 0.2) is 11.6 Å². The SMILES string of the molecule is N=C(CNC1CC1)c1cccc(F)c1F. The van der Waals surface area contributed by atoms with E-state index in [0.717, 1.165) is 18.9 Å². The molecular formula is C11H12F2N2. The van der Waals surface area contributed by atoms with E-state index in [2.05, 4.69) is 5.32 Å². The van der Waals surface area contributed by atoms with Gasteiger partial charge in [-0.2, -0.15) is 0 Å². The van der Waals surface area contributed by atoms with Gasteiger partial charge >= 0.3 is 0 Å². The maximum absolute atomic E-state index is 13.2. The molecule has 2 nitrogen and oxygen atoms in total. The Morgan fingerprint density at radius 1 is 1.40 bits per heavy atom. The van der Waals surface area contributed by atoms with E-state index in [9.17, 15) is 8.78 Å². The van der Waals surface area contributed by atoms with Crippen LogP contribution < -0.4 is 5.32 Å². The lowest BCUT2D eigenvalue weighted by Crippen LogP contribution is -2.25. The molecule has 0 aliphatic heterocycles. The monoisotopic (exact) mass is 210 g/mol. The number of hydrogen-bond donors (Lipinski definition) is 2. The van der Waals surface area contributed by atoms with E-state index in [-0.39, 0.29) is 11.3 Å². The van der Waals surface area contributed by atoms with Crippen molar-refractivity contribution < 1.29 is 8.78 Å². The molecule has 0 spiro atoms. The fraction of sp³-hybridized carbons (Fsp3) is 0.364. The molecule has 0 atom stereocenters. The van der Waals surface area contributed by atoms with Gasteiger partial charge in [0, 0.05) is 18.2 Å². The van der Waals surface area contributed by atoms with Crippen molar-refractivity contribution in [3.05, 3.63) is 35.4 Å². The van der Waals surface area contributed by atoms with Crippen molar-refractivity contribution in [2.75, 3.05) is 6.54 Å². The predicted octanol–water partition coefficient (Wildman–Crippen LogP) is 2.08. The molecule has 0 heterocycles. The third kappa shape index (κ3) is 2.39. The summed E-state index contributed by atoms with van der Waals surface area (Å²) < 4.78 is 26.1. The standard InChI is InChI=1S/C11H12F2N2/c12-9-3-1-2-8(11(9)13)10(14)6-15-7-4-5-7/h1-3,7,14-15H,4-6H2. The zero-order valence-corrected chi connectivity index (χ0v) is 8.19. The Morgan fingerprint density at radius 2 is 2.13 bits per heavy atom. The first kappa shape index (κ1) is 10.2. The normalized spacial score (nSPS) is 15.3. The van der Waals surface area contributed by atoms with Crippen molar-refractivity contribution >= 4 is 5.71 Å². The molecule has 4 heteroatoms. The highest BCUT2D eigenvalue weighted by atomic mass is 19.2. The summed E-state index contributed by atoms with van der Waals surface area (Å²) in [6, 6.07) is 4.36. The molecule has 1 fully saturated rings. The van der Waals surface area contributed by atoms with Crippen molar-refractivity contribution in [2.45, 2.75) is 18.9 Å². The van der Waals surface area contributed by atoms with Crippen molar-refractivity contribution in [1.29, 1.82) is 5.41 Å². The zero-order valence-electron chi connectivity index (χ0n) is 8.19. The molecule has 2 N–H and O–H groups in total. The van der Waals surface area contributed by atoms with Gasteiger partial charge in [-0.1, -0.05) is 6.07 Å². The van der Waals surface area contributed by atoms with Gasteiger partial charge in [0.2, 0.25) is 0 Å². The van der Waals surface area contributed by atoms with Gasteiger partial charge in [-0.25, -0.2) is 8.78 Å². The van der Waals surface area contributed by atoms with Gasteiger partial charge in [0.05, 0.1) is 5.71 Å². The maximum atomic E-state index is 13.2. The third-order valence-electron chi connectivity index (χ3n) is 2.42. The molecule has 0 amide bonds. The second-order valence-electron chi connectivity index (χ2n) is 3.74. The van der Waals surface area contributed by atoms with Gasteiger partial charge in [-0.15, -0.1) is 0 Å². The molecule has 80 valence electrons. The predicted molar refractivity (Wildman–Crippen MR) is 54.2 cm³/mol. The van der Waals surface area contributed by atoms with Gasteiger partial charge in [0.1, 0.15) is 0 Å². The summed E-state index contributed by atoms with van der Waals surface area (Å²) in [6.45, 7) is 0.297. The Bertz CT molecular complexity index is 386. The van der Waals surface area contributed by atoms with E-state index in [4.69, 9.17) is 5.41 Å².